The summed E-state index contributed by atoms with van der Waals surface area (Å²) in [7, 11) is 1.35. The lowest BCUT2D eigenvalue weighted by Crippen LogP contribution is -2.18. The molecule has 0 saturated carbocycles. The van der Waals surface area contributed by atoms with Crippen LogP contribution in [0.3, 0.4) is 0 Å². The maximum atomic E-state index is 10.9. The molecule has 102 valence electrons. The standard InChI is InChI=1S/C14H22O4/c1-17-14(16)10-9-12(15)6-2-3-7-13-8-4-5-11-18-13/h12-13,15H,4-11H2,1H3/t12-,13?/m1/s1. The number of aliphatic hydroxyl groups excluding tert-OH is 1. The normalized spacial score (nSPS) is 20.7. The zero-order valence-electron chi connectivity index (χ0n) is 11.0. The van der Waals surface area contributed by atoms with Crippen molar-refractivity contribution in [1.82, 2.24) is 0 Å². The summed E-state index contributed by atoms with van der Waals surface area (Å²) in [5.41, 5.74) is 0. The predicted molar refractivity (Wildman–Crippen MR) is 67.9 cm³/mol. The van der Waals surface area contributed by atoms with Gasteiger partial charge < -0.3 is 14.6 Å². The second-order valence-electron chi connectivity index (χ2n) is 4.52. The van der Waals surface area contributed by atoms with Crippen LogP contribution in [0.1, 0.15) is 44.9 Å². The summed E-state index contributed by atoms with van der Waals surface area (Å²) < 4.78 is 10.1. The Bertz CT molecular complexity index is 297. The molecule has 4 heteroatoms. The molecule has 1 aliphatic heterocycles. The van der Waals surface area contributed by atoms with Gasteiger partial charge in [0.05, 0.1) is 19.3 Å². The van der Waals surface area contributed by atoms with E-state index in [1.807, 2.05) is 0 Å². The lowest BCUT2D eigenvalue weighted by molar-refractivity contribution is -0.141. The highest BCUT2D eigenvalue weighted by Crippen LogP contribution is 2.14. The van der Waals surface area contributed by atoms with Gasteiger partial charge in [-0.2, -0.15) is 0 Å². The Balaban J connectivity index is 2.09. The molecule has 1 fully saturated rings. The molecule has 0 aliphatic carbocycles. The van der Waals surface area contributed by atoms with E-state index in [0.717, 1.165) is 25.9 Å². The Morgan fingerprint density at radius 2 is 2.33 bits per heavy atom. The molecule has 0 aromatic heterocycles. The summed E-state index contributed by atoms with van der Waals surface area (Å²) >= 11 is 0. The minimum absolute atomic E-state index is 0.241. The number of aliphatic hydroxyl groups is 1. The van der Waals surface area contributed by atoms with Gasteiger partial charge in [0.15, 0.2) is 0 Å². The second-order valence-corrected chi connectivity index (χ2v) is 4.52. The number of esters is 1. The second kappa shape index (κ2) is 8.96. The summed E-state index contributed by atoms with van der Waals surface area (Å²) in [4.78, 5) is 10.9. The van der Waals surface area contributed by atoms with E-state index in [-0.39, 0.29) is 18.5 Å². The van der Waals surface area contributed by atoms with Gasteiger partial charge >= 0.3 is 5.97 Å². The minimum Gasteiger partial charge on any atom is -0.469 e. The van der Waals surface area contributed by atoms with Crippen LogP contribution in [-0.4, -0.2) is 37.0 Å². The van der Waals surface area contributed by atoms with Crippen molar-refractivity contribution in [3.05, 3.63) is 0 Å². The van der Waals surface area contributed by atoms with Gasteiger partial charge in [0.25, 0.3) is 0 Å². The molecule has 0 aromatic rings. The van der Waals surface area contributed by atoms with Gasteiger partial charge in [0, 0.05) is 25.9 Å². The molecule has 1 N–H and O–H groups in total. The SMILES string of the molecule is COC(=O)CC[C@H](O)CC#CCC1CCCCO1. The first kappa shape index (κ1) is 15.0. The van der Waals surface area contributed by atoms with Gasteiger partial charge in [-0.3, -0.25) is 4.79 Å². The largest absolute Gasteiger partial charge is 0.469 e. The van der Waals surface area contributed by atoms with E-state index < -0.39 is 6.10 Å². The van der Waals surface area contributed by atoms with E-state index >= 15 is 0 Å². The Hall–Kier alpha value is -1.05. The van der Waals surface area contributed by atoms with E-state index in [9.17, 15) is 9.90 Å². The molecule has 1 rings (SSSR count). The Kier molecular flexibility index (Phi) is 7.47. The van der Waals surface area contributed by atoms with E-state index in [2.05, 4.69) is 16.6 Å². The van der Waals surface area contributed by atoms with Crippen LogP contribution >= 0.6 is 0 Å². The van der Waals surface area contributed by atoms with Gasteiger partial charge in [-0.15, -0.1) is 11.8 Å². The number of hydrogen-bond donors (Lipinski definition) is 1. The Morgan fingerprint density at radius 1 is 1.50 bits per heavy atom. The summed E-state index contributed by atoms with van der Waals surface area (Å²) in [6, 6.07) is 0. The molecule has 1 aliphatic rings. The average molecular weight is 254 g/mol. The van der Waals surface area contributed by atoms with Crippen LogP contribution in [0.5, 0.6) is 0 Å². The molecule has 2 atom stereocenters. The molecule has 0 bridgehead atoms. The van der Waals surface area contributed by atoms with Gasteiger partial charge in [0.2, 0.25) is 0 Å². The van der Waals surface area contributed by atoms with Crippen LogP contribution in [0.4, 0.5) is 0 Å². The maximum absolute atomic E-state index is 10.9. The summed E-state index contributed by atoms with van der Waals surface area (Å²) in [5.74, 6) is 5.68. The monoisotopic (exact) mass is 254 g/mol. The van der Waals surface area contributed by atoms with Crippen molar-refractivity contribution in [3.63, 3.8) is 0 Å². The molecular formula is C14H22O4. The molecule has 18 heavy (non-hydrogen) atoms. The molecule has 0 amide bonds. The van der Waals surface area contributed by atoms with Crippen LogP contribution in [0, 0.1) is 11.8 Å². The number of carbonyl (C=O) groups excluding carboxylic acids is 1. The van der Waals surface area contributed by atoms with E-state index in [4.69, 9.17) is 4.74 Å². The summed E-state index contributed by atoms with van der Waals surface area (Å²) in [6.07, 6.45) is 4.95. The number of rotatable bonds is 5. The minimum atomic E-state index is -0.552. The van der Waals surface area contributed by atoms with Crippen LogP contribution in [0.15, 0.2) is 0 Å². The number of ether oxygens (including phenoxy) is 2. The Labute approximate surface area is 109 Å². The molecular weight excluding hydrogens is 232 g/mol. The fraction of sp³-hybridized carbons (Fsp3) is 0.786. The van der Waals surface area contributed by atoms with Crippen molar-refractivity contribution >= 4 is 5.97 Å². The van der Waals surface area contributed by atoms with Crippen LogP contribution < -0.4 is 0 Å². The number of methoxy groups -OCH3 is 1. The smallest absolute Gasteiger partial charge is 0.305 e. The lowest BCUT2D eigenvalue weighted by atomic mass is 10.1. The highest BCUT2D eigenvalue weighted by molar-refractivity contribution is 5.69. The fourth-order valence-corrected chi connectivity index (χ4v) is 1.83. The third-order valence-corrected chi connectivity index (χ3v) is 2.98. The topological polar surface area (TPSA) is 55.8 Å². The first-order valence-corrected chi connectivity index (χ1v) is 6.54. The van der Waals surface area contributed by atoms with Gasteiger partial charge in [-0.05, 0) is 25.7 Å². The van der Waals surface area contributed by atoms with Crippen LogP contribution in [-0.2, 0) is 14.3 Å². The fourth-order valence-electron chi connectivity index (χ4n) is 1.83. The van der Waals surface area contributed by atoms with Crippen molar-refractivity contribution in [2.24, 2.45) is 0 Å². The number of hydrogen-bond acceptors (Lipinski definition) is 4. The van der Waals surface area contributed by atoms with Gasteiger partial charge in [-0.25, -0.2) is 0 Å². The van der Waals surface area contributed by atoms with Crippen molar-refractivity contribution < 1.29 is 19.4 Å². The van der Waals surface area contributed by atoms with E-state index in [1.165, 1.54) is 13.5 Å². The lowest BCUT2D eigenvalue weighted by Gasteiger charge is -2.20. The molecule has 0 radical (unpaired) electrons. The number of carbonyl (C=O) groups is 1. The van der Waals surface area contributed by atoms with Crippen LogP contribution in [0.2, 0.25) is 0 Å². The van der Waals surface area contributed by atoms with Gasteiger partial charge in [0.1, 0.15) is 0 Å². The zero-order chi connectivity index (χ0) is 13.2. The van der Waals surface area contributed by atoms with E-state index in [1.54, 1.807) is 0 Å². The van der Waals surface area contributed by atoms with Crippen LogP contribution in [0.25, 0.3) is 0 Å². The molecule has 1 unspecified atom stereocenters. The van der Waals surface area contributed by atoms with Crippen molar-refractivity contribution in [2.45, 2.75) is 57.2 Å². The molecule has 0 spiro atoms. The first-order valence-electron chi connectivity index (χ1n) is 6.54. The maximum Gasteiger partial charge on any atom is 0.305 e. The van der Waals surface area contributed by atoms with Crippen molar-refractivity contribution in [2.75, 3.05) is 13.7 Å². The van der Waals surface area contributed by atoms with Gasteiger partial charge in [-0.1, -0.05) is 0 Å². The zero-order valence-corrected chi connectivity index (χ0v) is 11.0. The molecule has 0 aromatic carbocycles. The van der Waals surface area contributed by atoms with Crippen molar-refractivity contribution in [3.8, 4) is 11.8 Å². The first-order chi connectivity index (χ1) is 8.72. The summed E-state index contributed by atoms with van der Waals surface area (Å²) in [5, 5.41) is 9.59. The summed E-state index contributed by atoms with van der Waals surface area (Å²) in [6.45, 7) is 0.841. The Morgan fingerprint density at radius 3 is 3.00 bits per heavy atom. The van der Waals surface area contributed by atoms with E-state index in [0.29, 0.717) is 12.8 Å². The highest BCUT2D eigenvalue weighted by atomic mass is 16.5. The average Bonchev–Trinajstić information content (AvgIpc) is 2.42. The third-order valence-electron chi connectivity index (χ3n) is 2.98. The molecule has 1 saturated heterocycles. The highest BCUT2D eigenvalue weighted by Gasteiger charge is 2.11. The predicted octanol–water partition coefficient (Wildman–Crippen LogP) is 1.65. The molecule has 4 nitrogen and oxygen atoms in total. The quantitative estimate of drug-likeness (QED) is 0.599. The molecule has 1 heterocycles. The third kappa shape index (κ3) is 6.63. The van der Waals surface area contributed by atoms with Crippen molar-refractivity contribution in [1.29, 1.82) is 0 Å².